The SMILES string of the molecule is Cc1nn(C)c(C)c1C(C)NCC(O)COc1ccc(F)c(F)c1. The van der Waals surface area contributed by atoms with E-state index in [2.05, 4.69) is 10.4 Å². The Morgan fingerprint density at radius 3 is 2.58 bits per heavy atom. The summed E-state index contributed by atoms with van der Waals surface area (Å²) >= 11 is 0. The summed E-state index contributed by atoms with van der Waals surface area (Å²) in [6.45, 7) is 6.23. The fourth-order valence-electron chi connectivity index (χ4n) is 2.65. The van der Waals surface area contributed by atoms with Crippen molar-refractivity contribution in [3.8, 4) is 5.75 Å². The number of aliphatic hydroxyl groups excluding tert-OH is 1. The van der Waals surface area contributed by atoms with Gasteiger partial charge in [0.2, 0.25) is 0 Å². The van der Waals surface area contributed by atoms with Crippen molar-refractivity contribution in [2.75, 3.05) is 13.2 Å². The number of aryl methyl sites for hydroxylation is 2. The van der Waals surface area contributed by atoms with Crippen molar-refractivity contribution in [3.05, 3.63) is 46.8 Å². The first-order valence-corrected chi connectivity index (χ1v) is 7.79. The number of nitrogens with one attached hydrogen (secondary N) is 1. The molecular weight excluding hydrogens is 316 g/mol. The van der Waals surface area contributed by atoms with E-state index in [1.807, 2.05) is 32.5 Å². The molecule has 0 aliphatic carbocycles. The normalized spacial score (nSPS) is 13.8. The lowest BCUT2D eigenvalue weighted by molar-refractivity contribution is 0.104. The predicted molar refractivity (Wildman–Crippen MR) is 87.0 cm³/mol. The standard InChI is InChI=1S/C17H23F2N3O2/c1-10(17-11(2)21-22(4)12(17)3)20-8-13(23)9-24-14-5-6-15(18)16(19)7-14/h5-7,10,13,20,23H,8-9H2,1-4H3. The maximum atomic E-state index is 13.1. The summed E-state index contributed by atoms with van der Waals surface area (Å²) in [4.78, 5) is 0. The highest BCUT2D eigenvalue weighted by molar-refractivity contribution is 5.27. The molecule has 0 saturated heterocycles. The Morgan fingerprint density at radius 2 is 2.00 bits per heavy atom. The molecule has 0 aliphatic heterocycles. The highest BCUT2D eigenvalue weighted by Gasteiger charge is 2.17. The largest absolute Gasteiger partial charge is 0.491 e. The van der Waals surface area contributed by atoms with E-state index < -0.39 is 17.7 Å². The minimum Gasteiger partial charge on any atom is -0.491 e. The molecule has 2 unspecified atom stereocenters. The van der Waals surface area contributed by atoms with Crippen LogP contribution in [0.4, 0.5) is 8.78 Å². The lowest BCUT2D eigenvalue weighted by atomic mass is 10.1. The molecule has 132 valence electrons. The van der Waals surface area contributed by atoms with E-state index in [9.17, 15) is 13.9 Å². The summed E-state index contributed by atoms with van der Waals surface area (Å²) in [5.41, 5.74) is 3.12. The van der Waals surface area contributed by atoms with Gasteiger partial charge in [0, 0.05) is 37.0 Å². The number of nitrogens with zero attached hydrogens (tertiary/aromatic N) is 2. The van der Waals surface area contributed by atoms with Crippen molar-refractivity contribution in [2.45, 2.75) is 32.9 Å². The molecule has 0 bridgehead atoms. The van der Waals surface area contributed by atoms with Gasteiger partial charge in [-0.25, -0.2) is 8.78 Å². The number of hydrogen-bond acceptors (Lipinski definition) is 4. The summed E-state index contributed by atoms with van der Waals surface area (Å²) in [7, 11) is 1.89. The average molecular weight is 339 g/mol. The molecule has 7 heteroatoms. The summed E-state index contributed by atoms with van der Waals surface area (Å²) in [6.07, 6.45) is -0.780. The molecule has 2 aromatic rings. The van der Waals surface area contributed by atoms with E-state index in [1.54, 1.807) is 0 Å². The minimum absolute atomic E-state index is 0.0181. The molecule has 5 nitrogen and oxygen atoms in total. The molecular formula is C17H23F2N3O2. The van der Waals surface area contributed by atoms with Crippen LogP contribution in [0.5, 0.6) is 5.75 Å². The Morgan fingerprint density at radius 1 is 1.29 bits per heavy atom. The van der Waals surface area contributed by atoms with E-state index in [4.69, 9.17) is 4.74 Å². The number of hydrogen-bond donors (Lipinski definition) is 2. The molecule has 0 amide bonds. The first-order valence-electron chi connectivity index (χ1n) is 7.79. The fourth-order valence-corrected chi connectivity index (χ4v) is 2.65. The highest BCUT2D eigenvalue weighted by atomic mass is 19.2. The van der Waals surface area contributed by atoms with Gasteiger partial charge in [0.1, 0.15) is 18.5 Å². The Labute approximate surface area is 140 Å². The number of halogens is 2. The molecule has 0 saturated carbocycles. The minimum atomic E-state index is -0.976. The third kappa shape index (κ3) is 4.30. The van der Waals surface area contributed by atoms with E-state index in [0.29, 0.717) is 6.54 Å². The lowest BCUT2D eigenvalue weighted by Crippen LogP contribution is -2.33. The smallest absolute Gasteiger partial charge is 0.162 e. The van der Waals surface area contributed by atoms with Crippen LogP contribution < -0.4 is 10.1 Å². The average Bonchev–Trinajstić information content (AvgIpc) is 2.79. The number of aromatic nitrogens is 2. The molecule has 1 aromatic heterocycles. The molecule has 0 radical (unpaired) electrons. The maximum Gasteiger partial charge on any atom is 0.162 e. The van der Waals surface area contributed by atoms with Gasteiger partial charge in [0.15, 0.2) is 11.6 Å². The molecule has 2 atom stereocenters. The third-order valence-corrected chi connectivity index (χ3v) is 3.99. The molecule has 2 N–H and O–H groups in total. The number of ether oxygens (including phenoxy) is 1. The molecule has 1 heterocycles. The Bertz CT molecular complexity index is 703. The van der Waals surface area contributed by atoms with Gasteiger partial charge in [-0.05, 0) is 32.9 Å². The zero-order chi connectivity index (χ0) is 17.9. The van der Waals surface area contributed by atoms with E-state index >= 15 is 0 Å². The highest BCUT2D eigenvalue weighted by Crippen LogP contribution is 2.20. The van der Waals surface area contributed by atoms with Crippen LogP contribution >= 0.6 is 0 Å². The first-order chi connectivity index (χ1) is 11.3. The zero-order valence-electron chi connectivity index (χ0n) is 14.3. The van der Waals surface area contributed by atoms with Crippen LogP contribution in [0, 0.1) is 25.5 Å². The fraction of sp³-hybridized carbons (Fsp3) is 0.471. The predicted octanol–water partition coefficient (Wildman–Crippen LogP) is 2.41. The summed E-state index contributed by atoms with van der Waals surface area (Å²) in [5, 5.41) is 17.6. The molecule has 0 fully saturated rings. The van der Waals surface area contributed by atoms with Gasteiger partial charge in [-0.15, -0.1) is 0 Å². The van der Waals surface area contributed by atoms with Crippen LogP contribution in [-0.2, 0) is 7.05 Å². The zero-order valence-corrected chi connectivity index (χ0v) is 14.3. The van der Waals surface area contributed by atoms with Crippen LogP contribution in [-0.4, -0.2) is 34.1 Å². The van der Waals surface area contributed by atoms with Crippen LogP contribution in [0.25, 0.3) is 0 Å². The molecule has 1 aromatic carbocycles. The van der Waals surface area contributed by atoms with Gasteiger partial charge in [0.25, 0.3) is 0 Å². The summed E-state index contributed by atoms with van der Waals surface area (Å²) in [5.74, 6) is -1.73. The molecule has 24 heavy (non-hydrogen) atoms. The second-order valence-corrected chi connectivity index (χ2v) is 5.88. The van der Waals surface area contributed by atoms with Crippen LogP contribution in [0.3, 0.4) is 0 Å². The first kappa shape index (κ1) is 18.4. The van der Waals surface area contributed by atoms with E-state index in [1.165, 1.54) is 6.07 Å². The Kier molecular flexibility index (Phi) is 5.90. The maximum absolute atomic E-state index is 13.1. The van der Waals surface area contributed by atoms with Gasteiger partial charge >= 0.3 is 0 Å². The van der Waals surface area contributed by atoms with Gasteiger partial charge in [-0.3, -0.25) is 4.68 Å². The quantitative estimate of drug-likeness (QED) is 0.813. The topological polar surface area (TPSA) is 59.3 Å². The van der Waals surface area contributed by atoms with E-state index in [-0.39, 0.29) is 18.4 Å². The van der Waals surface area contributed by atoms with Crippen molar-refractivity contribution in [1.29, 1.82) is 0 Å². The van der Waals surface area contributed by atoms with Crippen molar-refractivity contribution in [1.82, 2.24) is 15.1 Å². The lowest BCUT2D eigenvalue weighted by Gasteiger charge is -2.18. The monoisotopic (exact) mass is 339 g/mol. The second-order valence-electron chi connectivity index (χ2n) is 5.88. The molecule has 2 rings (SSSR count). The number of aliphatic hydroxyl groups is 1. The van der Waals surface area contributed by atoms with Gasteiger partial charge < -0.3 is 15.2 Å². The van der Waals surface area contributed by atoms with Gasteiger partial charge in [-0.2, -0.15) is 5.10 Å². The van der Waals surface area contributed by atoms with Crippen LogP contribution in [0.15, 0.2) is 18.2 Å². The van der Waals surface area contributed by atoms with Gasteiger partial charge in [0.05, 0.1) is 5.69 Å². The number of benzene rings is 1. The van der Waals surface area contributed by atoms with E-state index in [0.717, 1.165) is 29.1 Å². The number of rotatable bonds is 7. The third-order valence-electron chi connectivity index (χ3n) is 3.99. The summed E-state index contributed by atoms with van der Waals surface area (Å²) in [6, 6.07) is 3.30. The Balaban J connectivity index is 1.84. The van der Waals surface area contributed by atoms with Crippen molar-refractivity contribution in [2.24, 2.45) is 7.05 Å². The van der Waals surface area contributed by atoms with Crippen molar-refractivity contribution < 1.29 is 18.6 Å². The summed E-state index contributed by atoms with van der Waals surface area (Å²) < 4.78 is 33.0. The second kappa shape index (κ2) is 7.72. The Hall–Kier alpha value is -1.99. The van der Waals surface area contributed by atoms with Crippen LogP contribution in [0.1, 0.15) is 29.9 Å². The molecule has 0 aliphatic rings. The van der Waals surface area contributed by atoms with Crippen molar-refractivity contribution in [3.63, 3.8) is 0 Å². The van der Waals surface area contributed by atoms with Gasteiger partial charge in [-0.1, -0.05) is 0 Å². The van der Waals surface area contributed by atoms with Crippen molar-refractivity contribution >= 4 is 0 Å². The van der Waals surface area contributed by atoms with Crippen LogP contribution in [0.2, 0.25) is 0 Å². The molecule has 0 spiro atoms.